The van der Waals surface area contributed by atoms with Crippen LogP contribution < -0.4 is 11.3 Å². The minimum atomic E-state index is -0.466. The van der Waals surface area contributed by atoms with Gasteiger partial charge in [-0.3, -0.25) is 9.59 Å². The number of pyridine rings is 1. The number of hydrogen-bond acceptors (Lipinski definition) is 5. The van der Waals surface area contributed by atoms with Gasteiger partial charge in [0, 0.05) is 24.6 Å². The largest absolute Gasteiger partial charge is 0.464 e. The van der Waals surface area contributed by atoms with Gasteiger partial charge in [0.1, 0.15) is 6.54 Å². The van der Waals surface area contributed by atoms with Gasteiger partial charge in [-0.1, -0.05) is 0 Å². The van der Waals surface area contributed by atoms with Crippen molar-refractivity contribution in [1.29, 1.82) is 0 Å². The number of hydrogen-bond donors (Lipinski definition) is 2. The van der Waals surface area contributed by atoms with Gasteiger partial charge in [-0.05, 0) is 25.3 Å². The Morgan fingerprint density at radius 3 is 2.83 bits per heavy atom. The fourth-order valence-corrected chi connectivity index (χ4v) is 1.43. The maximum atomic E-state index is 11.4. The summed E-state index contributed by atoms with van der Waals surface area (Å²) >= 11 is 0. The molecule has 0 aliphatic heterocycles. The van der Waals surface area contributed by atoms with E-state index in [0.29, 0.717) is 25.1 Å². The van der Waals surface area contributed by atoms with Crippen molar-refractivity contribution < 1.29 is 14.6 Å². The third-order valence-electron chi connectivity index (χ3n) is 2.37. The Bertz CT molecular complexity index is 442. The van der Waals surface area contributed by atoms with E-state index in [2.05, 4.69) is 0 Å². The number of carbonyl (C=O) groups is 1. The highest BCUT2D eigenvalue weighted by Gasteiger charge is 2.05. The Kier molecular flexibility index (Phi) is 5.93. The van der Waals surface area contributed by atoms with Crippen molar-refractivity contribution in [3.63, 3.8) is 0 Å². The summed E-state index contributed by atoms with van der Waals surface area (Å²) in [5.41, 5.74) is 5.65. The molecule has 0 aliphatic rings. The molecular formula is C12H18N2O4. The van der Waals surface area contributed by atoms with Crippen LogP contribution in [0.15, 0.2) is 23.1 Å². The van der Waals surface area contributed by atoms with Crippen LogP contribution >= 0.6 is 0 Å². The number of ether oxygens (including phenoxy) is 1. The van der Waals surface area contributed by atoms with Crippen molar-refractivity contribution in [2.75, 3.05) is 18.9 Å². The van der Waals surface area contributed by atoms with Gasteiger partial charge >= 0.3 is 5.97 Å². The van der Waals surface area contributed by atoms with E-state index in [4.69, 9.17) is 15.6 Å². The van der Waals surface area contributed by atoms with Crippen molar-refractivity contribution in [3.8, 4) is 0 Å². The first kappa shape index (κ1) is 14.2. The minimum Gasteiger partial charge on any atom is -0.464 e. The van der Waals surface area contributed by atoms with E-state index in [9.17, 15) is 9.59 Å². The molecule has 1 rings (SSSR count). The van der Waals surface area contributed by atoms with E-state index in [1.807, 2.05) is 0 Å². The molecule has 0 bridgehead atoms. The number of nitrogens with two attached hydrogens (primary N) is 1. The molecule has 1 aromatic heterocycles. The van der Waals surface area contributed by atoms with Crippen LogP contribution in [0, 0.1) is 0 Å². The molecule has 100 valence electrons. The van der Waals surface area contributed by atoms with E-state index >= 15 is 0 Å². The smallest absolute Gasteiger partial charge is 0.326 e. The molecule has 0 aromatic carbocycles. The molecule has 0 radical (unpaired) electrons. The first-order valence-electron chi connectivity index (χ1n) is 5.86. The lowest BCUT2D eigenvalue weighted by Gasteiger charge is -2.07. The number of rotatable bonds is 7. The Labute approximate surface area is 105 Å². The molecule has 6 heteroatoms. The first-order chi connectivity index (χ1) is 8.63. The molecule has 0 saturated carbocycles. The average molecular weight is 254 g/mol. The Balaban J connectivity index is 2.35. The van der Waals surface area contributed by atoms with Crippen LogP contribution in [0.5, 0.6) is 0 Å². The zero-order chi connectivity index (χ0) is 13.4. The molecule has 0 unspecified atom stereocenters. The highest BCUT2D eigenvalue weighted by atomic mass is 16.5. The number of aromatic nitrogens is 1. The van der Waals surface area contributed by atoms with Gasteiger partial charge in [0.15, 0.2) is 0 Å². The van der Waals surface area contributed by atoms with E-state index in [1.54, 1.807) is 0 Å². The van der Waals surface area contributed by atoms with Crippen LogP contribution in [-0.4, -0.2) is 28.9 Å². The number of anilines is 1. The summed E-state index contributed by atoms with van der Waals surface area (Å²) in [6, 6.07) is 2.79. The molecule has 3 N–H and O–H groups in total. The Hall–Kier alpha value is -1.82. The van der Waals surface area contributed by atoms with Crippen LogP contribution in [-0.2, 0) is 16.1 Å². The molecule has 0 amide bonds. The Morgan fingerprint density at radius 2 is 2.11 bits per heavy atom. The lowest BCUT2D eigenvalue weighted by atomic mass is 10.2. The van der Waals surface area contributed by atoms with Gasteiger partial charge in [0.25, 0.3) is 5.56 Å². The Morgan fingerprint density at radius 1 is 1.33 bits per heavy atom. The third-order valence-corrected chi connectivity index (χ3v) is 2.37. The second kappa shape index (κ2) is 7.50. The molecule has 0 spiro atoms. The number of esters is 1. The third kappa shape index (κ3) is 5.01. The van der Waals surface area contributed by atoms with E-state index in [0.717, 1.165) is 6.42 Å². The summed E-state index contributed by atoms with van der Waals surface area (Å²) in [5.74, 6) is -0.466. The summed E-state index contributed by atoms with van der Waals surface area (Å²) < 4.78 is 6.18. The van der Waals surface area contributed by atoms with Crippen LogP contribution in [0.3, 0.4) is 0 Å². The maximum Gasteiger partial charge on any atom is 0.326 e. The van der Waals surface area contributed by atoms with Gasteiger partial charge in [0.2, 0.25) is 0 Å². The lowest BCUT2D eigenvalue weighted by Crippen LogP contribution is -2.24. The maximum absolute atomic E-state index is 11.4. The van der Waals surface area contributed by atoms with E-state index in [-0.39, 0.29) is 18.7 Å². The molecule has 6 nitrogen and oxygen atoms in total. The fraction of sp³-hybridized carbons (Fsp3) is 0.500. The number of nitrogen functional groups attached to an aromatic ring is 1. The minimum absolute atomic E-state index is 0.135. The summed E-state index contributed by atoms with van der Waals surface area (Å²) in [4.78, 5) is 22.8. The highest BCUT2D eigenvalue weighted by Crippen LogP contribution is 1.98. The number of carbonyl (C=O) groups excluding carboxylic acids is 1. The van der Waals surface area contributed by atoms with Gasteiger partial charge in [0.05, 0.1) is 6.61 Å². The molecule has 1 heterocycles. The van der Waals surface area contributed by atoms with Gasteiger partial charge in [-0.2, -0.15) is 0 Å². The SMILES string of the molecule is Nc1ccc(=O)n(CC(=O)OCCCCCO)c1. The molecule has 18 heavy (non-hydrogen) atoms. The van der Waals surface area contributed by atoms with Crippen LogP contribution in [0.2, 0.25) is 0 Å². The molecule has 1 aromatic rings. The predicted octanol–water partition coefficient (Wildman–Crippen LogP) is 0.136. The average Bonchev–Trinajstić information content (AvgIpc) is 2.33. The highest BCUT2D eigenvalue weighted by molar-refractivity contribution is 5.69. The fourth-order valence-electron chi connectivity index (χ4n) is 1.43. The predicted molar refractivity (Wildman–Crippen MR) is 67.0 cm³/mol. The zero-order valence-electron chi connectivity index (χ0n) is 10.2. The second-order valence-electron chi connectivity index (χ2n) is 3.93. The molecule has 0 atom stereocenters. The van der Waals surface area contributed by atoms with Crippen molar-refractivity contribution in [3.05, 3.63) is 28.7 Å². The van der Waals surface area contributed by atoms with Crippen molar-refractivity contribution in [2.45, 2.75) is 25.8 Å². The first-order valence-corrected chi connectivity index (χ1v) is 5.86. The zero-order valence-corrected chi connectivity index (χ0v) is 10.2. The number of nitrogens with zero attached hydrogens (tertiary/aromatic N) is 1. The topological polar surface area (TPSA) is 94.6 Å². The van der Waals surface area contributed by atoms with Crippen LogP contribution in [0.1, 0.15) is 19.3 Å². The van der Waals surface area contributed by atoms with Crippen LogP contribution in [0.4, 0.5) is 5.69 Å². The summed E-state index contributed by atoms with van der Waals surface area (Å²) in [6.07, 6.45) is 3.63. The molecule has 0 aliphatic carbocycles. The standard InChI is InChI=1S/C12H18N2O4/c13-10-4-5-11(16)14(8-10)9-12(17)18-7-3-1-2-6-15/h4-5,8,15H,1-3,6-7,9,13H2. The van der Waals surface area contributed by atoms with E-state index in [1.165, 1.54) is 22.9 Å². The molecule has 0 saturated heterocycles. The van der Waals surface area contributed by atoms with Crippen molar-refractivity contribution in [2.24, 2.45) is 0 Å². The number of aliphatic hydroxyl groups excluding tert-OH is 1. The van der Waals surface area contributed by atoms with Gasteiger partial charge in [-0.15, -0.1) is 0 Å². The summed E-state index contributed by atoms with van der Waals surface area (Å²) in [7, 11) is 0. The number of aliphatic hydroxyl groups is 1. The lowest BCUT2D eigenvalue weighted by molar-refractivity contribution is -0.144. The van der Waals surface area contributed by atoms with Gasteiger partial charge in [-0.25, -0.2) is 0 Å². The van der Waals surface area contributed by atoms with Crippen molar-refractivity contribution >= 4 is 11.7 Å². The second-order valence-corrected chi connectivity index (χ2v) is 3.93. The normalized spacial score (nSPS) is 10.3. The van der Waals surface area contributed by atoms with Crippen LogP contribution in [0.25, 0.3) is 0 Å². The summed E-state index contributed by atoms with van der Waals surface area (Å²) in [5, 5.41) is 8.57. The summed E-state index contributed by atoms with van der Waals surface area (Å²) in [6.45, 7) is 0.312. The van der Waals surface area contributed by atoms with Crippen molar-refractivity contribution in [1.82, 2.24) is 4.57 Å². The molecular weight excluding hydrogens is 236 g/mol. The molecule has 0 fully saturated rings. The van der Waals surface area contributed by atoms with E-state index < -0.39 is 5.97 Å². The monoisotopic (exact) mass is 254 g/mol. The quantitative estimate of drug-likeness (QED) is 0.533. The number of unbranched alkanes of at least 4 members (excludes halogenated alkanes) is 2. The van der Waals surface area contributed by atoms with Gasteiger partial charge < -0.3 is 20.1 Å².